The number of benzene rings is 2. The normalized spacial score (nSPS) is 15.0. The van der Waals surface area contributed by atoms with Gasteiger partial charge in [-0.05, 0) is 42.7 Å². The molecule has 1 heterocycles. The molecule has 0 fully saturated rings. The minimum Gasteiger partial charge on any atom is -0.490 e. The van der Waals surface area contributed by atoms with Crippen molar-refractivity contribution in [2.45, 2.75) is 45.3 Å². The summed E-state index contributed by atoms with van der Waals surface area (Å²) in [5, 5.41) is 2.98. The Morgan fingerprint density at radius 2 is 1.84 bits per heavy atom. The van der Waals surface area contributed by atoms with E-state index in [1.165, 1.54) is 6.08 Å². The van der Waals surface area contributed by atoms with Crippen molar-refractivity contribution in [3.8, 4) is 11.5 Å². The molecule has 2 aromatic carbocycles. The first kappa shape index (κ1) is 22.4. The maximum absolute atomic E-state index is 12.6. The van der Waals surface area contributed by atoms with Crippen LogP contribution in [0.3, 0.4) is 0 Å². The Hall–Kier alpha value is -3.28. The zero-order valence-electron chi connectivity index (χ0n) is 18.0. The summed E-state index contributed by atoms with van der Waals surface area (Å²) >= 11 is 0. The molecular weight excluding hydrogens is 394 g/mol. The molecule has 0 spiro atoms. The second kappa shape index (κ2) is 11.2. The molecule has 6 heteroatoms. The van der Waals surface area contributed by atoms with Crippen LogP contribution in [-0.2, 0) is 14.3 Å². The third-order valence-electron chi connectivity index (χ3n) is 4.94. The molecule has 0 bridgehead atoms. The number of ether oxygens (including phenoxy) is 3. The van der Waals surface area contributed by atoms with E-state index in [0.29, 0.717) is 24.7 Å². The van der Waals surface area contributed by atoms with Crippen LogP contribution < -0.4 is 14.8 Å². The molecule has 2 aromatic rings. The number of rotatable bonds is 8. The number of carbonyl (C=O) groups excluding carboxylic acids is 2. The topological polar surface area (TPSA) is 73.9 Å². The van der Waals surface area contributed by atoms with Crippen LogP contribution in [0.1, 0.15) is 50.3 Å². The van der Waals surface area contributed by atoms with Gasteiger partial charge in [0.1, 0.15) is 0 Å². The summed E-state index contributed by atoms with van der Waals surface area (Å²) in [5.74, 6) is 0.451. The van der Waals surface area contributed by atoms with E-state index in [2.05, 4.69) is 12.2 Å². The van der Waals surface area contributed by atoms with Gasteiger partial charge in [0, 0.05) is 12.5 Å². The molecular formula is C25H29NO5. The first-order chi connectivity index (χ1) is 15.1. The second-order valence-corrected chi connectivity index (χ2v) is 7.43. The van der Waals surface area contributed by atoms with Gasteiger partial charge in [0.05, 0.1) is 19.3 Å². The molecule has 0 aromatic heterocycles. The molecule has 1 amide bonds. The summed E-state index contributed by atoms with van der Waals surface area (Å²) in [5.41, 5.74) is 1.82. The van der Waals surface area contributed by atoms with Gasteiger partial charge in [-0.25, -0.2) is 4.79 Å². The van der Waals surface area contributed by atoms with Crippen LogP contribution in [0.2, 0.25) is 0 Å². The summed E-state index contributed by atoms with van der Waals surface area (Å²) in [6, 6.07) is 15.1. The van der Waals surface area contributed by atoms with E-state index in [9.17, 15) is 9.59 Å². The van der Waals surface area contributed by atoms with Crippen molar-refractivity contribution < 1.29 is 23.8 Å². The number of esters is 1. The lowest BCUT2D eigenvalue weighted by molar-refractivity contribution is -0.150. The predicted octanol–water partition coefficient (Wildman–Crippen LogP) is 4.45. The fraction of sp³-hybridized carbons (Fsp3) is 0.360. The van der Waals surface area contributed by atoms with Crippen LogP contribution in [0.5, 0.6) is 11.5 Å². The average molecular weight is 424 g/mol. The Morgan fingerprint density at radius 1 is 1.10 bits per heavy atom. The number of hydrogen-bond donors (Lipinski definition) is 1. The number of nitrogens with one attached hydrogen (secondary N) is 1. The SMILES string of the molecule is CCC[C@H](NC(=O)[C@@H](C)OC(=O)/C=C/c1ccc2c(c1)OCCCO2)c1ccccc1. The van der Waals surface area contributed by atoms with E-state index in [1.807, 2.05) is 48.5 Å². The fourth-order valence-corrected chi connectivity index (χ4v) is 3.30. The Labute approximate surface area is 183 Å². The highest BCUT2D eigenvalue weighted by atomic mass is 16.5. The highest BCUT2D eigenvalue weighted by molar-refractivity contribution is 5.90. The monoisotopic (exact) mass is 423 g/mol. The Bertz CT molecular complexity index is 909. The Balaban J connectivity index is 1.55. The van der Waals surface area contributed by atoms with Gasteiger partial charge in [0.25, 0.3) is 5.91 Å². The summed E-state index contributed by atoms with van der Waals surface area (Å²) in [6.45, 7) is 4.85. The smallest absolute Gasteiger partial charge is 0.331 e. The molecule has 31 heavy (non-hydrogen) atoms. The minimum absolute atomic E-state index is 0.114. The van der Waals surface area contributed by atoms with Crippen molar-refractivity contribution >= 4 is 18.0 Å². The third-order valence-corrected chi connectivity index (χ3v) is 4.94. The molecule has 1 aliphatic rings. The summed E-state index contributed by atoms with van der Waals surface area (Å²) in [6.07, 6.45) is 4.60. The van der Waals surface area contributed by atoms with Crippen LogP contribution in [0.15, 0.2) is 54.6 Å². The van der Waals surface area contributed by atoms with Crippen molar-refractivity contribution in [2.24, 2.45) is 0 Å². The average Bonchev–Trinajstić information content (AvgIpc) is 3.03. The highest BCUT2D eigenvalue weighted by Gasteiger charge is 2.21. The lowest BCUT2D eigenvalue weighted by Gasteiger charge is -2.21. The van der Waals surface area contributed by atoms with Crippen LogP contribution in [0, 0.1) is 0 Å². The molecule has 6 nitrogen and oxygen atoms in total. The lowest BCUT2D eigenvalue weighted by Crippen LogP contribution is -2.38. The van der Waals surface area contributed by atoms with Gasteiger partial charge in [-0.1, -0.05) is 49.7 Å². The van der Waals surface area contributed by atoms with Gasteiger partial charge in [-0.3, -0.25) is 4.79 Å². The van der Waals surface area contributed by atoms with Crippen LogP contribution >= 0.6 is 0 Å². The molecule has 0 radical (unpaired) electrons. The van der Waals surface area contributed by atoms with Crippen molar-refractivity contribution in [1.29, 1.82) is 0 Å². The Morgan fingerprint density at radius 3 is 2.58 bits per heavy atom. The van der Waals surface area contributed by atoms with E-state index < -0.39 is 12.1 Å². The molecule has 0 unspecified atom stereocenters. The van der Waals surface area contributed by atoms with E-state index in [0.717, 1.165) is 30.4 Å². The molecule has 0 aliphatic carbocycles. The zero-order chi connectivity index (χ0) is 22.1. The predicted molar refractivity (Wildman–Crippen MR) is 119 cm³/mol. The molecule has 1 aliphatic heterocycles. The maximum Gasteiger partial charge on any atom is 0.331 e. The summed E-state index contributed by atoms with van der Waals surface area (Å²) in [7, 11) is 0. The number of carbonyl (C=O) groups is 2. The molecule has 1 N–H and O–H groups in total. The van der Waals surface area contributed by atoms with E-state index in [1.54, 1.807) is 13.0 Å². The molecule has 3 rings (SSSR count). The fourth-order valence-electron chi connectivity index (χ4n) is 3.30. The van der Waals surface area contributed by atoms with Gasteiger partial charge in [0.15, 0.2) is 17.6 Å². The van der Waals surface area contributed by atoms with Crippen molar-refractivity contribution in [1.82, 2.24) is 5.32 Å². The van der Waals surface area contributed by atoms with Crippen LogP contribution in [0.4, 0.5) is 0 Å². The van der Waals surface area contributed by atoms with Crippen LogP contribution in [0.25, 0.3) is 6.08 Å². The standard InChI is InChI=1S/C25H29NO5/c1-3-8-21(20-9-5-4-6-10-20)26-25(28)18(2)31-24(27)14-12-19-11-13-22-23(17-19)30-16-7-15-29-22/h4-6,9-14,17-18,21H,3,7-8,15-16H2,1-2H3,(H,26,28)/b14-12+/t18-,21+/m1/s1. The van der Waals surface area contributed by atoms with E-state index in [-0.39, 0.29) is 11.9 Å². The zero-order valence-corrected chi connectivity index (χ0v) is 18.0. The largest absolute Gasteiger partial charge is 0.490 e. The van der Waals surface area contributed by atoms with E-state index >= 15 is 0 Å². The van der Waals surface area contributed by atoms with Gasteiger partial charge in [0.2, 0.25) is 0 Å². The number of hydrogen-bond acceptors (Lipinski definition) is 5. The van der Waals surface area contributed by atoms with Crippen LogP contribution in [-0.4, -0.2) is 31.2 Å². The number of fused-ring (bicyclic) bond motifs is 1. The van der Waals surface area contributed by atoms with Gasteiger partial charge >= 0.3 is 5.97 Å². The molecule has 0 saturated carbocycles. The molecule has 2 atom stereocenters. The molecule has 0 saturated heterocycles. The van der Waals surface area contributed by atoms with E-state index in [4.69, 9.17) is 14.2 Å². The first-order valence-corrected chi connectivity index (χ1v) is 10.7. The van der Waals surface area contributed by atoms with Crippen molar-refractivity contribution in [3.63, 3.8) is 0 Å². The highest BCUT2D eigenvalue weighted by Crippen LogP contribution is 2.30. The van der Waals surface area contributed by atoms with Gasteiger partial charge in [-0.2, -0.15) is 0 Å². The quantitative estimate of drug-likeness (QED) is 0.502. The third kappa shape index (κ3) is 6.60. The van der Waals surface area contributed by atoms with Gasteiger partial charge in [-0.15, -0.1) is 0 Å². The summed E-state index contributed by atoms with van der Waals surface area (Å²) < 4.78 is 16.5. The second-order valence-electron chi connectivity index (χ2n) is 7.43. The summed E-state index contributed by atoms with van der Waals surface area (Å²) in [4.78, 5) is 24.8. The number of amides is 1. The minimum atomic E-state index is -0.899. The Kier molecular flexibility index (Phi) is 8.10. The van der Waals surface area contributed by atoms with Gasteiger partial charge < -0.3 is 19.5 Å². The molecule has 164 valence electrons. The van der Waals surface area contributed by atoms with Crippen molar-refractivity contribution in [2.75, 3.05) is 13.2 Å². The maximum atomic E-state index is 12.6. The first-order valence-electron chi connectivity index (χ1n) is 10.7. The van der Waals surface area contributed by atoms with Crippen molar-refractivity contribution in [3.05, 3.63) is 65.7 Å². The lowest BCUT2D eigenvalue weighted by atomic mass is 10.0.